The molecule has 4 rings (SSSR count). The molecule has 1 aromatic carbocycles. The number of nitriles is 1. The van der Waals surface area contributed by atoms with Crippen LogP contribution < -0.4 is 15.9 Å². The second-order valence-corrected chi connectivity index (χ2v) is 6.48. The molecule has 0 amide bonds. The largest absolute Gasteiger partial charge is 0.317 e. The first kappa shape index (κ1) is 16.7. The maximum Gasteiger partial charge on any atom is 0.278 e. The molecule has 0 fully saturated rings. The third-order valence-electron chi connectivity index (χ3n) is 4.76. The Kier molecular flexibility index (Phi) is 4.05. The molecule has 6 heteroatoms. The average molecular weight is 356 g/mol. The van der Waals surface area contributed by atoms with Gasteiger partial charge in [-0.15, -0.1) is 0 Å². The van der Waals surface area contributed by atoms with Crippen LogP contribution in [0.2, 0.25) is 0 Å². The van der Waals surface area contributed by atoms with Crippen LogP contribution >= 0.6 is 0 Å². The summed E-state index contributed by atoms with van der Waals surface area (Å²) < 4.78 is 3.28. The van der Waals surface area contributed by atoms with Gasteiger partial charge in [0.1, 0.15) is 17.0 Å². The van der Waals surface area contributed by atoms with Crippen LogP contribution in [-0.4, -0.2) is 9.38 Å². The first-order valence-electron chi connectivity index (χ1n) is 8.68. The van der Waals surface area contributed by atoms with Gasteiger partial charge in [-0.3, -0.25) is 9.20 Å². The lowest BCUT2D eigenvalue weighted by Gasteiger charge is -2.10. The highest BCUT2D eigenvalue weighted by Gasteiger charge is 2.21. The Bertz CT molecular complexity index is 1270. The van der Waals surface area contributed by atoms with E-state index in [1.807, 2.05) is 49.4 Å². The number of pyridine rings is 2. The monoisotopic (exact) mass is 356 g/mol. The number of nitrogens with two attached hydrogens (primary N) is 1. The number of hydrogen-bond donors (Lipinski definition) is 1. The summed E-state index contributed by atoms with van der Waals surface area (Å²) in [5, 5.41) is 9.85. The fourth-order valence-corrected chi connectivity index (χ4v) is 3.31. The lowest BCUT2D eigenvalue weighted by atomic mass is 10.1. The Morgan fingerprint density at radius 2 is 2.00 bits per heavy atom. The lowest BCUT2D eigenvalue weighted by molar-refractivity contribution is -0.658. The summed E-state index contributed by atoms with van der Waals surface area (Å²) in [5.74, 6) is 0.325. The zero-order valence-electron chi connectivity index (χ0n) is 14.9. The van der Waals surface area contributed by atoms with E-state index in [2.05, 4.69) is 6.07 Å². The van der Waals surface area contributed by atoms with E-state index >= 15 is 0 Å². The summed E-state index contributed by atoms with van der Waals surface area (Å²) in [5.41, 5.74) is 9.46. The van der Waals surface area contributed by atoms with Crippen molar-refractivity contribution in [2.45, 2.75) is 19.9 Å². The van der Waals surface area contributed by atoms with Crippen molar-refractivity contribution in [3.63, 3.8) is 0 Å². The second kappa shape index (κ2) is 6.54. The minimum atomic E-state index is -0.205. The number of aromatic nitrogens is 3. The molecule has 27 heavy (non-hydrogen) atoms. The van der Waals surface area contributed by atoms with Crippen LogP contribution in [0.25, 0.3) is 16.7 Å². The van der Waals surface area contributed by atoms with Gasteiger partial charge in [0, 0.05) is 18.2 Å². The molecule has 132 valence electrons. The van der Waals surface area contributed by atoms with Crippen LogP contribution in [0.15, 0.2) is 59.5 Å². The summed E-state index contributed by atoms with van der Waals surface area (Å²) in [6.45, 7) is 2.44. The second-order valence-electron chi connectivity index (χ2n) is 6.48. The van der Waals surface area contributed by atoms with Crippen LogP contribution in [0.3, 0.4) is 0 Å². The molecule has 3 heterocycles. The fourth-order valence-electron chi connectivity index (χ4n) is 3.31. The fraction of sp³-hybridized carbons (Fsp3) is 0.143. The van der Waals surface area contributed by atoms with Crippen molar-refractivity contribution in [3.05, 3.63) is 81.8 Å². The molecule has 0 radical (unpaired) electrons. The van der Waals surface area contributed by atoms with Gasteiger partial charge in [0.2, 0.25) is 11.5 Å². The van der Waals surface area contributed by atoms with E-state index in [9.17, 15) is 10.1 Å². The lowest BCUT2D eigenvalue weighted by Crippen LogP contribution is -2.42. The molecule has 2 N–H and O–H groups in total. The van der Waals surface area contributed by atoms with E-state index in [1.54, 1.807) is 10.8 Å². The third kappa shape index (κ3) is 2.79. The predicted molar refractivity (Wildman–Crippen MR) is 103 cm³/mol. The van der Waals surface area contributed by atoms with Gasteiger partial charge in [0.15, 0.2) is 0 Å². The smallest absolute Gasteiger partial charge is 0.278 e. The molecule has 0 aliphatic heterocycles. The molecule has 0 atom stereocenters. The molecule has 4 aromatic rings. The summed E-state index contributed by atoms with van der Waals surface area (Å²) >= 11 is 0. The van der Waals surface area contributed by atoms with Crippen molar-refractivity contribution in [1.82, 2.24) is 9.38 Å². The zero-order chi connectivity index (χ0) is 19.0. The summed E-state index contributed by atoms with van der Waals surface area (Å²) in [6, 6.07) is 17.3. The van der Waals surface area contributed by atoms with Gasteiger partial charge in [-0.1, -0.05) is 41.4 Å². The Morgan fingerprint density at radius 1 is 1.22 bits per heavy atom. The van der Waals surface area contributed by atoms with Crippen molar-refractivity contribution in [2.24, 2.45) is 0 Å². The average Bonchev–Trinajstić information content (AvgIpc) is 2.69. The van der Waals surface area contributed by atoms with Crippen molar-refractivity contribution in [3.8, 4) is 6.07 Å². The molecule has 3 aromatic heterocycles. The van der Waals surface area contributed by atoms with Gasteiger partial charge in [0.05, 0.1) is 6.54 Å². The maximum atomic E-state index is 13.0. The number of rotatable bonds is 3. The minimum absolute atomic E-state index is 0.205. The van der Waals surface area contributed by atoms with Crippen molar-refractivity contribution in [1.29, 1.82) is 5.26 Å². The van der Waals surface area contributed by atoms with Gasteiger partial charge in [-0.05, 0) is 24.6 Å². The minimum Gasteiger partial charge on any atom is -0.317 e. The van der Waals surface area contributed by atoms with Crippen LogP contribution in [-0.2, 0) is 13.0 Å². The highest BCUT2D eigenvalue weighted by molar-refractivity contribution is 5.77. The molecular weight excluding hydrogens is 338 g/mol. The molecule has 0 saturated carbocycles. The first-order chi connectivity index (χ1) is 13.1. The van der Waals surface area contributed by atoms with Gasteiger partial charge in [-0.2, -0.15) is 5.26 Å². The number of nitrogens with zero attached hydrogens (tertiary/aromatic N) is 4. The Labute approximate surface area is 155 Å². The first-order valence-corrected chi connectivity index (χ1v) is 8.68. The standard InChI is InChI=1S/C21H17N5O/c1-14-6-5-10-26-19(14)24-20-17(21(26)27)12-16(13-22)18(23)25(20)11-9-15-7-3-2-4-8-15/h2-8,10,12,23H,9,11H2,1H3/p+1. The number of fused-ring (bicyclic) bond motifs is 2. The summed E-state index contributed by atoms with van der Waals surface area (Å²) in [7, 11) is 0. The van der Waals surface area contributed by atoms with Gasteiger partial charge in [0.25, 0.3) is 11.2 Å². The number of nitrogen functional groups attached to an aromatic ring is 1. The zero-order valence-corrected chi connectivity index (χ0v) is 14.9. The van der Waals surface area contributed by atoms with E-state index in [1.165, 1.54) is 10.5 Å². The van der Waals surface area contributed by atoms with Crippen molar-refractivity contribution in [2.75, 3.05) is 5.73 Å². The number of anilines is 1. The van der Waals surface area contributed by atoms with Gasteiger partial charge in [-0.25, -0.2) is 4.57 Å². The van der Waals surface area contributed by atoms with Gasteiger partial charge >= 0.3 is 0 Å². The Morgan fingerprint density at radius 3 is 2.74 bits per heavy atom. The van der Waals surface area contributed by atoms with Crippen molar-refractivity contribution >= 4 is 22.5 Å². The molecule has 0 aliphatic carbocycles. The maximum absolute atomic E-state index is 13.0. The van der Waals surface area contributed by atoms with E-state index in [4.69, 9.17) is 10.7 Å². The molecule has 0 unspecified atom stereocenters. The van der Waals surface area contributed by atoms with E-state index < -0.39 is 0 Å². The van der Waals surface area contributed by atoms with E-state index in [-0.39, 0.29) is 11.1 Å². The summed E-state index contributed by atoms with van der Waals surface area (Å²) in [6.07, 6.45) is 2.41. The Hall–Kier alpha value is -3.72. The van der Waals surface area contributed by atoms with Crippen LogP contribution in [0.4, 0.5) is 5.82 Å². The molecule has 6 nitrogen and oxygen atoms in total. The highest BCUT2D eigenvalue weighted by Crippen LogP contribution is 2.15. The third-order valence-corrected chi connectivity index (χ3v) is 4.76. The topological polar surface area (TPSA) is 88.1 Å². The molecule has 0 bridgehead atoms. The SMILES string of the molecule is Cc1cccn2c(=O)c3cc(C#N)c(N)[n+](CCc4ccccc4)c3nc12. The Balaban J connectivity index is 1.99. The predicted octanol–water partition coefficient (Wildman–Crippen LogP) is 2.14. The van der Waals surface area contributed by atoms with Crippen molar-refractivity contribution < 1.29 is 4.57 Å². The molecule has 0 saturated heterocycles. The van der Waals surface area contributed by atoms with E-state index in [0.29, 0.717) is 35.5 Å². The van der Waals surface area contributed by atoms with Crippen LogP contribution in [0.1, 0.15) is 16.7 Å². The van der Waals surface area contributed by atoms with Gasteiger partial charge < -0.3 is 5.73 Å². The number of aryl methyl sites for hydroxylation is 3. The van der Waals surface area contributed by atoms with E-state index in [0.717, 1.165) is 11.1 Å². The normalized spacial score (nSPS) is 11.0. The molecule has 0 aliphatic rings. The number of benzene rings is 1. The number of hydrogen-bond acceptors (Lipinski definition) is 4. The quantitative estimate of drug-likeness (QED) is 0.450. The van der Waals surface area contributed by atoms with Crippen LogP contribution in [0, 0.1) is 18.3 Å². The molecular formula is C21H18N5O+. The van der Waals surface area contributed by atoms with Crippen LogP contribution in [0.5, 0.6) is 0 Å². The highest BCUT2D eigenvalue weighted by atomic mass is 16.1. The summed E-state index contributed by atoms with van der Waals surface area (Å²) in [4.78, 5) is 17.7. The molecule has 0 spiro atoms.